The van der Waals surface area contributed by atoms with Crippen molar-refractivity contribution in [2.45, 2.75) is 116 Å². The quantitative estimate of drug-likeness (QED) is 0.257. The van der Waals surface area contributed by atoms with Gasteiger partial charge in [0.2, 0.25) is 0 Å². The van der Waals surface area contributed by atoms with Crippen LogP contribution in [0, 0.1) is 109 Å². The molecular formula is C52H64. The van der Waals surface area contributed by atoms with Crippen LogP contribution in [-0.2, 0) is 0 Å². The maximum atomic E-state index is 2.66. The third kappa shape index (κ3) is 4.39. The van der Waals surface area contributed by atoms with Gasteiger partial charge in [0.05, 0.1) is 0 Å². The second-order valence-electron chi connectivity index (χ2n) is 20.8. The van der Waals surface area contributed by atoms with Gasteiger partial charge in [0, 0.05) is 0 Å². The highest BCUT2D eigenvalue weighted by Gasteiger charge is 2.70. The number of fused-ring (bicyclic) bond motifs is 6. The SMILES string of the molecule is Cc1ccc(C2C3CCCCC3C(c3ccccc3-c3ccccc3)C3C4CCC5C6CCC7CCC8CCC(C9CCC(C4C95)C23)C6C87)c(C)c1. The van der Waals surface area contributed by atoms with Crippen molar-refractivity contribution in [3.8, 4) is 11.1 Å². The summed E-state index contributed by atoms with van der Waals surface area (Å²) >= 11 is 0. The zero-order valence-electron chi connectivity index (χ0n) is 32.2. The van der Waals surface area contributed by atoms with E-state index in [-0.39, 0.29) is 0 Å². The van der Waals surface area contributed by atoms with Crippen molar-refractivity contribution in [3.05, 3.63) is 95.1 Å². The molecule has 18 atom stereocenters. The van der Waals surface area contributed by atoms with Crippen molar-refractivity contribution in [1.29, 1.82) is 0 Å². The van der Waals surface area contributed by atoms with Gasteiger partial charge in [-0.3, -0.25) is 0 Å². The second-order valence-corrected chi connectivity index (χ2v) is 20.8. The summed E-state index contributed by atoms with van der Waals surface area (Å²) < 4.78 is 0. The predicted octanol–water partition coefficient (Wildman–Crippen LogP) is 13.3. The Morgan fingerprint density at radius 2 is 0.885 bits per heavy atom. The molecule has 0 saturated heterocycles. The van der Waals surface area contributed by atoms with Gasteiger partial charge < -0.3 is 0 Å². The lowest BCUT2D eigenvalue weighted by atomic mass is 9.40. The normalized spacial score (nSPS) is 47.9. The summed E-state index contributed by atoms with van der Waals surface area (Å²) in [4.78, 5) is 0. The second kappa shape index (κ2) is 12.1. The molecule has 12 rings (SSSR count). The maximum absolute atomic E-state index is 2.66. The third-order valence-corrected chi connectivity index (χ3v) is 19.6. The first-order chi connectivity index (χ1) is 25.7. The van der Waals surface area contributed by atoms with Crippen molar-refractivity contribution in [2.75, 3.05) is 0 Å². The Hall–Kier alpha value is -2.34. The van der Waals surface area contributed by atoms with E-state index in [2.05, 4.69) is 86.6 Å². The first kappa shape index (κ1) is 32.0. The minimum atomic E-state index is 0.722. The van der Waals surface area contributed by atoms with Crippen LogP contribution >= 0.6 is 0 Å². The molecule has 0 spiro atoms. The van der Waals surface area contributed by atoms with Gasteiger partial charge in [-0.1, -0.05) is 91.2 Å². The van der Waals surface area contributed by atoms with Gasteiger partial charge in [-0.05, 0) is 225 Å². The average molecular weight is 689 g/mol. The van der Waals surface area contributed by atoms with Crippen molar-refractivity contribution < 1.29 is 0 Å². The lowest BCUT2D eigenvalue weighted by molar-refractivity contribution is -0.169. The van der Waals surface area contributed by atoms with E-state index < -0.39 is 0 Å². The van der Waals surface area contributed by atoms with Crippen molar-refractivity contribution in [2.24, 2.45) is 94.7 Å². The summed E-state index contributed by atoms with van der Waals surface area (Å²) in [5.41, 5.74) is 9.62. The molecule has 0 aliphatic heterocycles. The van der Waals surface area contributed by atoms with E-state index in [1.165, 1.54) is 36.8 Å². The molecule has 52 heavy (non-hydrogen) atoms. The van der Waals surface area contributed by atoms with E-state index in [1.54, 1.807) is 86.5 Å². The first-order valence-electron chi connectivity index (χ1n) is 22.9. The number of benzene rings is 3. The number of hydrogen-bond donors (Lipinski definition) is 0. The summed E-state index contributed by atoms with van der Waals surface area (Å²) in [6.45, 7) is 4.83. The Bertz CT molecular complexity index is 1790. The monoisotopic (exact) mass is 689 g/mol. The fourth-order valence-electron chi connectivity index (χ4n) is 18.8. The van der Waals surface area contributed by atoms with Crippen LogP contribution in [0.15, 0.2) is 72.8 Å². The summed E-state index contributed by atoms with van der Waals surface area (Å²) in [5, 5.41) is 0. The highest BCUT2D eigenvalue weighted by atomic mass is 14.7. The van der Waals surface area contributed by atoms with Crippen LogP contribution in [0.3, 0.4) is 0 Å². The van der Waals surface area contributed by atoms with Crippen LogP contribution in [-0.4, -0.2) is 0 Å². The number of aryl methyl sites for hydroxylation is 2. The maximum Gasteiger partial charge on any atom is -0.00905 e. The Morgan fingerprint density at radius 1 is 0.385 bits per heavy atom. The van der Waals surface area contributed by atoms with E-state index in [1.807, 2.05) is 0 Å². The van der Waals surface area contributed by atoms with Crippen LogP contribution in [0.4, 0.5) is 0 Å². The fraction of sp³-hybridized carbons (Fsp3) is 0.654. The zero-order valence-corrected chi connectivity index (χ0v) is 32.2. The molecule has 3 aromatic rings. The molecule has 0 bridgehead atoms. The molecule has 0 heteroatoms. The zero-order chi connectivity index (χ0) is 34.2. The van der Waals surface area contributed by atoms with E-state index in [0.29, 0.717) is 0 Å². The van der Waals surface area contributed by atoms with Crippen molar-refractivity contribution >= 4 is 0 Å². The molecule has 9 saturated carbocycles. The summed E-state index contributed by atoms with van der Waals surface area (Å²) in [6.07, 6.45) is 21.7. The lowest BCUT2D eigenvalue weighted by Gasteiger charge is -2.65. The van der Waals surface area contributed by atoms with E-state index >= 15 is 0 Å². The van der Waals surface area contributed by atoms with Gasteiger partial charge in [0.25, 0.3) is 0 Å². The van der Waals surface area contributed by atoms with Crippen molar-refractivity contribution in [1.82, 2.24) is 0 Å². The smallest absolute Gasteiger partial charge is 0.00905 e. The van der Waals surface area contributed by atoms with Gasteiger partial charge in [0.1, 0.15) is 0 Å². The van der Waals surface area contributed by atoms with Gasteiger partial charge >= 0.3 is 0 Å². The fourth-order valence-corrected chi connectivity index (χ4v) is 18.8. The number of hydrogen-bond acceptors (Lipinski definition) is 0. The molecule has 3 aromatic carbocycles. The molecule has 0 aromatic heterocycles. The summed E-state index contributed by atoms with van der Waals surface area (Å²) in [6, 6.07) is 29.3. The largest absolute Gasteiger partial charge is 0.0622 e. The van der Waals surface area contributed by atoms with Crippen LogP contribution in [0.2, 0.25) is 0 Å². The molecule has 0 amide bonds. The molecule has 18 unspecified atom stereocenters. The highest BCUT2D eigenvalue weighted by Crippen LogP contribution is 2.77. The van der Waals surface area contributed by atoms with Gasteiger partial charge in [-0.15, -0.1) is 0 Å². The standard InChI is InChI=1S/C52H64/c1-29-16-21-34(30(2)28-29)46-37-14-8-9-15-38(37)49(36-13-7-6-12-35(36)31-10-4-3-5-11-31)52-44-27-25-42-40-23-20-33-18-17-32-19-22-39(47(40)45(32)33)41-24-26-43(51(46)52)50(44)48(41)42/h3-7,10-13,16,21,28,32-33,37-52H,8-9,14-15,17-20,22-27H2,1-2H3. The molecule has 9 fully saturated rings. The molecular weight excluding hydrogens is 625 g/mol. The van der Waals surface area contributed by atoms with Crippen LogP contribution in [0.1, 0.15) is 124 Å². The van der Waals surface area contributed by atoms with E-state index in [9.17, 15) is 0 Å². The first-order valence-corrected chi connectivity index (χ1v) is 22.9. The minimum Gasteiger partial charge on any atom is -0.0622 e. The van der Waals surface area contributed by atoms with Gasteiger partial charge in [-0.2, -0.15) is 0 Å². The highest BCUT2D eigenvalue weighted by molar-refractivity contribution is 5.68. The van der Waals surface area contributed by atoms with Crippen molar-refractivity contribution in [3.63, 3.8) is 0 Å². The molecule has 9 aliphatic carbocycles. The topological polar surface area (TPSA) is 0 Å². The Balaban J connectivity index is 1.02. The molecule has 0 N–H and O–H groups in total. The van der Waals surface area contributed by atoms with E-state index in [0.717, 1.165) is 107 Å². The van der Waals surface area contributed by atoms with Crippen LogP contribution < -0.4 is 0 Å². The van der Waals surface area contributed by atoms with Gasteiger partial charge in [0.15, 0.2) is 0 Å². The Morgan fingerprint density at radius 3 is 1.52 bits per heavy atom. The van der Waals surface area contributed by atoms with Crippen LogP contribution in [0.5, 0.6) is 0 Å². The number of rotatable bonds is 3. The molecule has 272 valence electrons. The van der Waals surface area contributed by atoms with Crippen LogP contribution in [0.25, 0.3) is 11.1 Å². The molecule has 0 heterocycles. The Labute approximate surface area is 315 Å². The average Bonchev–Trinajstić information content (AvgIpc) is 3.77. The predicted molar refractivity (Wildman–Crippen MR) is 214 cm³/mol. The summed E-state index contributed by atoms with van der Waals surface area (Å²) in [5.74, 6) is 17.6. The molecule has 0 radical (unpaired) electrons. The molecule has 0 nitrogen and oxygen atoms in total. The lowest BCUT2D eigenvalue weighted by Crippen LogP contribution is -2.59. The van der Waals surface area contributed by atoms with Gasteiger partial charge in [-0.25, -0.2) is 0 Å². The Kier molecular flexibility index (Phi) is 7.42. The minimum absolute atomic E-state index is 0.722. The molecule has 9 aliphatic rings. The van der Waals surface area contributed by atoms with E-state index in [4.69, 9.17) is 0 Å². The third-order valence-electron chi connectivity index (χ3n) is 19.6. The summed E-state index contributed by atoms with van der Waals surface area (Å²) in [7, 11) is 0.